The van der Waals surface area contributed by atoms with Crippen molar-refractivity contribution >= 4 is 54.4 Å². The van der Waals surface area contributed by atoms with E-state index in [0.29, 0.717) is 5.56 Å². The van der Waals surface area contributed by atoms with E-state index in [1.54, 1.807) is 13.2 Å². The Morgan fingerprint density at radius 3 is 2.12 bits per heavy atom. The minimum Gasteiger partial charge on any atom is -0.472 e. The number of methoxy groups -OCH3 is 3. The SMILES string of the molecule is C=C=C([C@@H]1C[C@H](OC(=S)SC)[C@@]2(OCc3ccccc3)C[C@H](OC)O[C@H]2O1)[C@]1(C)C(=O)[C@@H]2OC[C@]3(C(=O)OC)[C@H](O[Si](C)(C)C(C)(C)C)C[C@H](O)[C@@]4(CO[C@](OCc5ccccc5)(C(=O)OC)[C@@H]14)[C@@H]23. The van der Waals surface area contributed by atoms with Crippen LogP contribution in [-0.4, -0.2) is 131 Å². The number of ether oxygens (including phenoxy) is 10. The molecule has 6 aliphatic rings. The van der Waals surface area contributed by atoms with Crippen molar-refractivity contribution in [3.8, 4) is 0 Å². The number of thiocarbonyl (C=S) groups is 1. The number of esters is 2. The Balaban J connectivity index is 1.31. The van der Waals surface area contributed by atoms with Crippen LogP contribution in [0.3, 0.4) is 0 Å². The number of rotatable bonds is 14. The van der Waals surface area contributed by atoms with Crippen molar-refractivity contribution in [1.82, 2.24) is 0 Å². The summed E-state index contributed by atoms with van der Waals surface area (Å²) in [6.45, 7) is 15.6. The highest BCUT2D eigenvalue weighted by atomic mass is 32.2. The van der Waals surface area contributed by atoms with Crippen molar-refractivity contribution in [3.63, 3.8) is 0 Å². The zero-order chi connectivity index (χ0) is 50.0. The molecule has 0 aromatic heterocycles. The monoisotopic (exact) mass is 1010 g/mol. The number of ketones is 1. The maximum atomic E-state index is 16.4. The number of fused-ring (bicyclic) bond motifs is 1. The van der Waals surface area contributed by atoms with E-state index < -0.39 is 109 Å². The molecule has 376 valence electrons. The van der Waals surface area contributed by atoms with E-state index in [1.165, 1.54) is 33.1 Å². The van der Waals surface area contributed by atoms with Crippen molar-refractivity contribution in [1.29, 1.82) is 0 Å². The second-order valence-corrected chi connectivity index (χ2v) is 26.9. The highest BCUT2D eigenvalue weighted by molar-refractivity contribution is 8.22. The Morgan fingerprint density at radius 1 is 0.928 bits per heavy atom. The molecule has 4 aliphatic heterocycles. The summed E-state index contributed by atoms with van der Waals surface area (Å²) in [5, 5.41) is 12.9. The number of thioether (sulfide) groups is 1. The normalized spacial score (nSPS) is 38.0. The summed E-state index contributed by atoms with van der Waals surface area (Å²) >= 11 is 6.95. The Hall–Kier alpha value is -3.33. The highest BCUT2D eigenvalue weighted by Crippen LogP contribution is 2.74. The summed E-state index contributed by atoms with van der Waals surface area (Å²) in [4.78, 5) is 46.2. The van der Waals surface area contributed by atoms with Crippen LogP contribution < -0.4 is 0 Å². The first kappa shape index (κ1) is 52.0. The molecule has 6 fully saturated rings. The first-order valence-corrected chi connectivity index (χ1v) is 27.9. The van der Waals surface area contributed by atoms with Gasteiger partial charge in [0.05, 0.1) is 70.3 Å². The molecular formula is C51H66O15S2Si. The van der Waals surface area contributed by atoms with Gasteiger partial charge >= 0.3 is 11.9 Å². The van der Waals surface area contributed by atoms with Crippen LogP contribution in [0.15, 0.2) is 78.5 Å². The predicted molar refractivity (Wildman–Crippen MR) is 259 cm³/mol. The lowest BCUT2D eigenvalue weighted by Crippen LogP contribution is -2.76. The molecule has 2 aliphatic carbocycles. The quantitative estimate of drug-likeness (QED) is 0.0902. The molecule has 0 unspecified atom stereocenters. The molecular weight excluding hydrogens is 945 g/mol. The summed E-state index contributed by atoms with van der Waals surface area (Å²) in [5.74, 6) is -7.16. The van der Waals surface area contributed by atoms with Gasteiger partial charge in [-0.2, -0.15) is 0 Å². The van der Waals surface area contributed by atoms with E-state index in [-0.39, 0.29) is 60.7 Å². The topological polar surface area (TPSA) is 173 Å². The van der Waals surface area contributed by atoms with Crippen LogP contribution in [0.25, 0.3) is 0 Å². The van der Waals surface area contributed by atoms with Gasteiger partial charge in [0, 0.05) is 43.3 Å². The van der Waals surface area contributed by atoms with E-state index in [9.17, 15) is 14.7 Å². The summed E-state index contributed by atoms with van der Waals surface area (Å²) in [7, 11) is 1.31. The van der Waals surface area contributed by atoms with Gasteiger partial charge in [0.1, 0.15) is 17.6 Å². The number of hydrogen-bond acceptors (Lipinski definition) is 17. The molecule has 69 heavy (non-hydrogen) atoms. The number of Topliss-reactive ketones (excluding diaryl/α,β-unsaturated/α-hetero) is 1. The predicted octanol–water partition coefficient (Wildman–Crippen LogP) is 6.83. The lowest BCUT2D eigenvalue weighted by molar-refractivity contribution is -0.300. The van der Waals surface area contributed by atoms with Gasteiger partial charge in [0.25, 0.3) is 5.79 Å². The van der Waals surface area contributed by atoms with Crippen molar-refractivity contribution in [2.24, 2.45) is 28.1 Å². The van der Waals surface area contributed by atoms with Gasteiger partial charge in [0.2, 0.25) is 4.38 Å². The summed E-state index contributed by atoms with van der Waals surface area (Å²) in [6, 6.07) is 18.8. The minimum atomic E-state index is -2.71. The average Bonchev–Trinajstić information content (AvgIpc) is 4.04. The molecule has 1 spiro atoms. The molecule has 15 nitrogen and oxygen atoms in total. The van der Waals surface area contributed by atoms with Gasteiger partial charge in [-0.3, -0.25) is 9.59 Å². The first-order valence-electron chi connectivity index (χ1n) is 23.4. The molecule has 0 bridgehead atoms. The Morgan fingerprint density at radius 2 is 1.55 bits per heavy atom. The molecule has 8 rings (SSSR count). The zero-order valence-electron chi connectivity index (χ0n) is 41.1. The third kappa shape index (κ3) is 8.14. The van der Waals surface area contributed by atoms with Gasteiger partial charge in [-0.05, 0) is 54.7 Å². The Bertz CT molecular complexity index is 2320. The number of carbonyl (C=O) groups is 3. The van der Waals surface area contributed by atoms with E-state index >= 15 is 4.79 Å². The largest absolute Gasteiger partial charge is 0.472 e. The van der Waals surface area contributed by atoms with E-state index in [2.05, 4.69) is 46.2 Å². The fourth-order valence-corrected chi connectivity index (χ4v) is 13.9. The molecule has 2 aromatic carbocycles. The van der Waals surface area contributed by atoms with Gasteiger partial charge in [0.15, 0.2) is 32.3 Å². The first-order chi connectivity index (χ1) is 32.7. The number of carbonyl (C=O) groups excluding carboxylic acids is 3. The summed E-state index contributed by atoms with van der Waals surface area (Å²) in [5.41, 5.74) is -1.66. The van der Waals surface area contributed by atoms with Crippen molar-refractivity contribution in [2.75, 3.05) is 40.8 Å². The fraction of sp³-hybridized carbons (Fsp3) is 0.627. The van der Waals surface area contributed by atoms with Crippen LogP contribution in [0.5, 0.6) is 0 Å². The minimum absolute atomic E-state index is 0.0230. The van der Waals surface area contributed by atoms with Crippen molar-refractivity contribution < 1.29 is 71.3 Å². The van der Waals surface area contributed by atoms with Crippen LogP contribution >= 0.6 is 24.0 Å². The number of hydrogen-bond donors (Lipinski definition) is 1. The second kappa shape index (κ2) is 19.3. The lowest BCUT2D eigenvalue weighted by atomic mass is 9.39. The van der Waals surface area contributed by atoms with Crippen LogP contribution in [0.2, 0.25) is 18.1 Å². The number of benzene rings is 2. The second-order valence-electron chi connectivity index (χ2n) is 20.8. The maximum Gasteiger partial charge on any atom is 0.366 e. The van der Waals surface area contributed by atoms with Crippen LogP contribution in [0.1, 0.15) is 58.1 Å². The third-order valence-electron chi connectivity index (χ3n) is 16.5. The molecule has 2 aromatic rings. The van der Waals surface area contributed by atoms with Gasteiger partial charge in [-0.1, -0.05) is 99.8 Å². The van der Waals surface area contributed by atoms with Crippen LogP contribution in [0, 0.1) is 28.1 Å². The standard InChI is InChI=1S/C51H66O15S2Si/c1-12-32(33-23-36(64-45(67)68-9)50(25-37(56-6)65-44(50)63-33)60-26-30-19-15-13-16-20-30)47(5)40(53)38-39-48(29-62-51(41(47)48,43(55)58-8)61-27-31-21-17-14-18-22-31)34(52)24-35(66-69(10,11)46(2,3)4)49(39,28-59-38)42(54)57-7/h13-22,33-39,41,44,52H,1,23-29H2,2-11H3/t33-,34-,35+,36-,37+,38+,39+,41-,44+,47+,48-,49-,50-,51-/m0/s1. The van der Waals surface area contributed by atoms with Crippen molar-refractivity contribution in [3.05, 3.63) is 89.7 Å². The molecule has 4 heterocycles. The molecule has 2 saturated carbocycles. The molecule has 0 radical (unpaired) electrons. The molecule has 18 heteroatoms. The van der Waals surface area contributed by atoms with E-state index in [4.69, 9.17) is 64.0 Å². The van der Waals surface area contributed by atoms with Gasteiger partial charge in [-0.25, -0.2) is 4.79 Å². The fourth-order valence-electron chi connectivity index (χ4n) is 12.2. The molecule has 0 amide bonds. The number of aliphatic hydroxyl groups excluding tert-OH is 1. The smallest absolute Gasteiger partial charge is 0.366 e. The van der Waals surface area contributed by atoms with E-state index in [1.807, 2.05) is 60.7 Å². The van der Waals surface area contributed by atoms with Crippen molar-refractivity contribution in [2.45, 2.75) is 133 Å². The average molecular weight is 1010 g/mol. The summed E-state index contributed by atoms with van der Waals surface area (Å²) in [6.07, 6.45) is -5.67. The van der Waals surface area contributed by atoms with Crippen LogP contribution in [0.4, 0.5) is 0 Å². The summed E-state index contributed by atoms with van der Waals surface area (Å²) < 4.78 is 71.6. The molecule has 14 atom stereocenters. The Labute approximate surface area is 415 Å². The third-order valence-corrected chi connectivity index (χ3v) is 22.0. The molecule has 1 N–H and O–H groups in total. The Kier molecular flexibility index (Phi) is 14.5. The highest BCUT2D eigenvalue weighted by Gasteiger charge is 2.87. The van der Waals surface area contributed by atoms with Crippen LogP contribution in [-0.2, 0) is 79.4 Å². The molecule has 4 saturated heterocycles. The van der Waals surface area contributed by atoms with E-state index in [0.717, 1.165) is 5.56 Å². The lowest BCUT2D eigenvalue weighted by Gasteiger charge is -2.63. The maximum absolute atomic E-state index is 16.4. The number of aliphatic hydroxyl groups is 1. The van der Waals surface area contributed by atoms with Gasteiger partial charge < -0.3 is 56.9 Å². The zero-order valence-corrected chi connectivity index (χ0v) is 43.7. The van der Waals surface area contributed by atoms with Gasteiger partial charge in [-0.15, -0.1) is 5.73 Å².